The molecular weight excluding hydrogens is 687 g/mol. The lowest BCUT2D eigenvalue weighted by molar-refractivity contribution is -0.870. The number of aliphatic hydroxyl groups excluding tert-OH is 2. The molecule has 0 rings (SSSR count). The van der Waals surface area contributed by atoms with E-state index in [0.29, 0.717) is 30.3 Å². The minimum Gasteiger partial charge on any atom is -0.390 e. The largest absolute Gasteiger partial charge is 0.472 e. The zero-order valence-electron chi connectivity index (χ0n) is 34.3. The van der Waals surface area contributed by atoms with E-state index in [4.69, 9.17) is 9.05 Å². The molecule has 0 fully saturated rings. The maximum atomic E-state index is 12.9. The molecule has 0 radical (unpaired) electrons. The van der Waals surface area contributed by atoms with E-state index in [9.17, 15) is 24.5 Å². The molecule has 0 saturated heterocycles. The standard InChI is InChI=1S/C43H79N2O7P/c1-6-8-10-12-14-16-18-20-21-22-23-24-26-28-30-32-34-36-42(47)44-40(39-52-53(49,50)51-38-37-45(3,4)5)43(48)41(46)35-33-31-29-27-25-19-17-15-13-11-9-7-2/h8,10,14,16,20-21,23-24,27,29,40-41,43,46,48H,6-7,9,11-13,15,17-19,22,25-26,28,30-39H2,1-5H3,(H-,44,47,49,50)/p+1/b10-8-,16-14-,21-20-,24-23-,29-27+. The number of amides is 1. The molecule has 0 aromatic heterocycles. The van der Waals surface area contributed by atoms with E-state index in [1.165, 1.54) is 44.9 Å². The quantitative estimate of drug-likeness (QED) is 0.0217. The fourth-order valence-electron chi connectivity index (χ4n) is 5.48. The molecule has 4 unspecified atom stereocenters. The molecule has 4 atom stereocenters. The number of rotatable bonds is 36. The lowest BCUT2D eigenvalue weighted by Gasteiger charge is -2.28. The molecule has 0 heterocycles. The molecule has 9 nitrogen and oxygen atoms in total. The third kappa shape index (κ3) is 35.6. The third-order valence-electron chi connectivity index (χ3n) is 8.84. The Bertz CT molecular complexity index is 1070. The highest BCUT2D eigenvalue weighted by molar-refractivity contribution is 7.47. The Labute approximate surface area is 324 Å². The van der Waals surface area contributed by atoms with Gasteiger partial charge in [0.25, 0.3) is 0 Å². The molecule has 0 aliphatic heterocycles. The molecular formula is C43H80N2O7P+. The number of phosphoric acid groups is 1. The van der Waals surface area contributed by atoms with Crippen LogP contribution in [0, 0.1) is 0 Å². The molecule has 0 saturated carbocycles. The van der Waals surface area contributed by atoms with Gasteiger partial charge in [-0.2, -0.15) is 0 Å². The van der Waals surface area contributed by atoms with Crippen LogP contribution in [0.25, 0.3) is 0 Å². The molecule has 0 aliphatic rings. The van der Waals surface area contributed by atoms with Gasteiger partial charge in [-0.3, -0.25) is 13.8 Å². The number of carbonyl (C=O) groups is 1. The van der Waals surface area contributed by atoms with Crippen LogP contribution in [-0.2, 0) is 18.4 Å². The smallest absolute Gasteiger partial charge is 0.390 e. The second-order valence-electron chi connectivity index (χ2n) is 15.1. The van der Waals surface area contributed by atoms with Crippen LogP contribution in [0.2, 0.25) is 0 Å². The fraction of sp³-hybridized carbons (Fsp3) is 0.744. The number of aliphatic hydroxyl groups is 2. The number of nitrogens with zero attached hydrogens (tertiary/aromatic N) is 1. The van der Waals surface area contributed by atoms with Crippen molar-refractivity contribution < 1.29 is 38.0 Å². The lowest BCUT2D eigenvalue weighted by atomic mass is 10.0. The molecule has 1 amide bonds. The summed E-state index contributed by atoms with van der Waals surface area (Å²) in [5.74, 6) is -0.296. The van der Waals surface area contributed by atoms with Crippen molar-refractivity contribution in [2.75, 3.05) is 40.9 Å². The highest BCUT2D eigenvalue weighted by Gasteiger charge is 2.31. The van der Waals surface area contributed by atoms with E-state index in [1.54, 1.807) is 0 Å². The summed E-state index contributed by atoms with van der Waals surface area (Å²) in [6.45, 7) is 4.41. The topological polar surface area (TPSA) is 125 Å². The minimum absolute atomic E-state index is 0.00818. The van der Waals surface area contributed by atoms with Gasteiger partial charge in [-0.05, 0) is 77.0 Å². The van der Waals surface area contributed by atoms with Crippen LogP contribution >= 0.6 is 7.82 Å². The van der Waals surface area contributed by atoms with Crippen molar-refractivity contribution >= 4 is 13.7 Å². The summed E-state index contributed by atoms with van der Waals surface area (Å²) in [5.41, 5.74) is 0. The number of likely N-dealkylation sites (N-methyl/N-ethyl adjacent to an activating group) is 1. The van der Waals surface area contributed by atoms with Gasteiger partial charge in [0.05, 0.1) is 39.9 Å². The summed E-state index contributed by atoms with van der Waals surface area (Å²) in [4.78, 5) is 23.1. The van der Waals surface area contributed by atoms with Gasteiger partial charge in [-0.15, -0.1) is 0 Å². The summed E-state index contributed by atoms with van der Waals surface area (Å²) < 4.78 is 23.4. The molecule has 0 aromatic rings. The van der Waals surface area contributed by atoms with Gasteiger partial charge in [-0.25, -0.2) is 4.57 Å². The van der Waals surface area contributed by atoms with Gasteiger partial charge in [0.15, 0.2) is 0 Å². The monoisotopic (exact) mass is 768 g/mol. The third-order valence-corrected chi connectivity index (χ3v) is 9.83. The molecule has 53 heavy (non-hydrogen) atoms. The van der Waals surface area contributed by atoms with Gasteiger partial charge < -0.3 is 24.9 Å². The first-order valence-corrected chi connectivity index (χ1v) is 22.2. The Morgan fingerprint density at radius 3 is 1.74 bits per heavy atom. The second-order valence-corrected chi connectivity index (χ2v) is 16.6. The van der Waals surface area contributed by atoms with Gasteiger partial charge in [-0.1, -0.05) is 126 Å². The van der Waals surface area contributed by atoms with Crippen LogP contribution in [0.15, 0.2) is 60.8 Å². The number of quaternary nitrogens is 1. The average Bonchev–Trinajstić information content (AvgIpc) is 3.10. The van der Waals surface area contributed by atoms with E-state index in [2.05, 4.69) is 79.9 Å². The summed E-state index contributed by atoms with van der Waals surface area (Å²) in [6, 6.07) is -1.06. The number of carbonyl (C=O) groups excluding carboxylic acids is 1. The SMILES string of the molecule is CC/C=C\C/C=C\C/C=C\C/C=C\CCCCCCC(=O)NC(COP(=O)(O)OCC[N+](C)(C)C)C(O)C(O)CCC/C=C/CCCCCCCCC. The number of unbranched alkanes of at least 4 members (excludes halogenated alkanes) is 12. The van der Waals surface area contributed by atoms with Crippen LogP contribution in [0.1, 0.15) is 149 Å². The Morgan fingerprint density at radius 2 is 1.17 bits per heavy atom. The van der Waals surface area contributed by atoms with Crippen LogP contribution in [0.3, 0.4) is 0 Å². The van der Waals surface area contributed by atoms with Crippen molar-refractivity contribution in [3.8, 4) is 0 Å². The second kappa shape index (κ2) is 34.6. The van der Waals surface area contributed by atoms with Crippen LogP contribution in [0.5, 0.6) is 0 Å². The Kier molecular flexibility index (Phi) is 33.4. The van der Waals surface area contributed by atoms with Gasteiger partial charge in [0.1, 0.15) is 19.3 Å². The normalized spacial score (nSPS) is 15.7. The number of phosphoric ester groups is 1. The van der Waals surface area contributed by atoms with Crippen molar-refractivity contribution in [1.82, 2.24) is 5.32 Å². The van der Waals surface area contributed by atoms with Crippen molar-refractivity contribution in [2.24, 2.45) is 0 Å². The van der Waals surface area contributed by atoms with E-state index in [1.807, 2.05) is 21.1 Å². The maximum Gasteiger partial charge on any atom is 0.472 e. The number of nitrogens with one attached hydrogen (secondary N) is 1. The molecule has 0 spiro atoms. The summed E-state index contributed by atoms with van der Waals surface area (Å²) in [5, 5.41) is 24.6. The first kappa shape index (κ1) is 51.2. The average molecular weight is 768 g/mol. The maximum absolute atomic E-state index is 12.9. The highest BCUT2D eigenvalue weighted by Crippen LogP contribution is 2.43. The van der Waals surface area contributed by atoms with Gasteiger partial charge >= 0.3 is 7.82 Å². The molecule has 0 aliphatic carbocycles. The van der Waals surface area contributed by atoms with Crippen LogP contribution < -0.4 is 5.32 Å². The summed E-state index contributed by atoms with van der Waals surface area (Å²) in [6.07, 6.45) is 40.0. The fourth-order valence-corrected chi connectivity index (χ4v) is 6.22. The van der Waals surface area contributed by atoms with Crippen LogP contribution in [0.4, 0.5) is 0 Å². The molecule has 10 heteroatoms. The van der Waals surface area contributed by atoms with E-state index in [-0.39, 0.29) is 18.9 Å². The van der Waals surface area contributed by atoms with E-state index < -0.39 is 32.7 Å². The molecule has 0 bridgehead atoms. The number of allylic oxidation sites excluding steroid dienone is 10. The Hall–Kier alpha value is -1.84. The van der Waals surface area contributed by atoms with Gasteiger partial charge in [0, 0.05) is 6.42 Å². The van der Waals surface area contributed by atoms with Crippen molar-refractivity contribution in [3.05, 3.63) is 60.8 Å². The summed E-state index contributed by atoms with van der Waals surface area (Å²) >= 11 is 0. The Morgan fingerprint density at radius 1 is 0.679 bits per heavy atom. The van der Waals surface area contributed by atoms with Crippen LogP contribution in [-0.4, -0.2) is 84.6 Å². The Balaban J connectivity index is 4.66. The van der Waals surface area contributed by atoms with Gasteiger partial charge in [0.2, 0.25) is 5.91 Å². The highest BCUT2D eigenvalue weighted by atomic mass is 31.2. The molecule has 308 valence electrons. The molecule has 0 aromatic carbocycles. The lowest BCUT2D eigenvalue weighted by Crippen LogP contribution is -2.51. The van der Waals surface area contributed by atoms with Crippen molar-refractivity contribution in [3.63, 3.8) is 0 Å². The number of hydrogen-bond donors (Lipinski definition) is 4. The zero-order chi connectivity index (χ0) is 39.5. The van der Waals surface area contributed by atoms with E-state index in [0.717, 1.165) is 64.2 Å². The summed E-state index contributed by atoms with van der Waals surface area (Å²) in [7, 11) is 1.39. The first-order valence-electron chi connectivity index (χ1n) is 20.7. The number of hydrogen-bond acceptors (Lipinski definition) is 6. The predicted octanol–water partition coefficient (Wildman–Crippen LogP) is 10.0. The molecule has 4 N–H and O–H groups in total. The van der Waals surface area contributed by atoms with Crippen molar-refractivity contribution in [2.45, 2.75) is 167 Å². The minimum atomic E-state index is -4.43. The van der Waals surface area contributed by atoms with E-state index >= 15 is 0 Å². The van der Waals surface area contributed by atoms with Crippen molar-refractivity contribution in [1.29, 1.82) is 0 Å². The zero-order valence-corrected chi connectivity index (χ0v) is 35.2. The first-order chi connectivity index (χ1) is 25.4. The predicted molar refractivity (Wildman–Crippen MR) is 223 cm³/mol.